The third-order valence-electron chi connectivity index (χ3n) is 5.18. The number of carbonyl (C=O) groups is 1. The number of amides is 1. The van der Waals surface area contributed by atoms with E-state index in [-0.39, 0.29) is 5.91 Å². The summed E-state index contributed by atoms with van der Waals surface area (Å²) < 4.78 is 11.3. The molecule has 2 aliphatic heterocycles. The Morgan fingerprint density at radius 2 is 2.04 bits per heavy atom. The minimum absolute atomic E-state index is 0.0837. The van der Waals surface area contributed by atoms with Crippen molar-refractivity contribution in [3.05, 3.63) is 36.0 Å². The van der Waals surface area contributed by atoms with Crippen molar-refractivity contribution in [3.8, 4) is 0 Å². The van der Waals surface area contributed by atoms with Crippen LogP contribution in [0.15, 0.2) is 30.5 Å². The third kappa shape index (κ3) is 3.29. The van der Waals surface area contributed by atoms with Crippen LogP contribution < -0.4 is 0 Å². The van der Waals surface area contributed by atoms with E-state index in [1.54, 1.807) is 0 Å². The Balaban J connectivity index is 1.48. The molecule has 1 atom stereocenters. The molecule has 1 aromatic heterocycles. The van der Waals surface area contributed by atoms with E-state index in [4.69, 9.17) is 9.47 Å². The summed E-state index contributed by atoms with van der Waals surface area (Å²) in [7, 11) is 0. The van der Waals surface area contributed by atoms with Gasteiger partial charge in [-0.2, -0.15) is 0 Å². The molecule has 6 heteroatoms. The first-order chi connectivity index (χ1) is 12.2. The maximum Gasteiger partial charge on any atom is 0.256 e. The van der Waals surface area contributed by atoms with Crippen molar-refractivity contribution in [3.63, 3.8) is 0 Å². The number of benzene rings is 1. The Morgan fingerprint density at radius 3 is 2.88 bits per heavy atom. The number of aromatic amines is 1. The molecule has 0 spiro atoms. The predicted molar refractivity (Wildman–Crippen MR) is 95.3 cm³/mol. The van der Waals surface area contributed by atoms with Gasteiger partial charge in [0.25, 0.3) is 5.91 Å². The molecule has 2 aliphatic rings. The number of hydrogen-bond donors (Lipinski definition) is 1. The highest BCUT2D eigenvalue weighted by Gasteiger charge is 2.42. The van der Waals surface area contributed by atoms with Crippen molar-refractivity contribution in [2.45, 2.75) is 19.1 Å². The number of hydrogen-bond acceptors (Lipinski definition) is 4. The molecule has 4 rings (SSSR count). The normalized spacial score (nSPS) is 25.4. The van der Waals surface area contributed by atoms with Gasteiger partial charge in [-0.15, -0.1) is 0 Å². The highest BCUT2D eigenvalue weighted by Crippen LogP contribution is 2.25. The van der Waals surface area contributed by atoms with Crippen LogP contribution in [0.3, 0.4) is 0 Å². The average Bonchev–Trinajstić information content (AvgIpc) is 3.12. The van der Waals surface area contributed by atoms with E-state index >= 15 is 0 Å². The van der Waals surface area contributed by atoms with Crippen LogP contribution in [0.1, 0.15) is 12.5 Å². The SMILES string of the molecule is C[C@]1(C(=O)N2CCOCC2)CN(Cc2cccc3[nH]ccc23)CCO1. The molecule has 0 saturated carbocycles. The number of carbonyl (C=O) groups excluding carboxylic acids is 1. The molecule has 3 heterocycles. The van der Waals surface area contributed by atoms with Crippen LogP contribution in [0.4, 0.5) is 0 Å². The summed E-state index contributed by atoms with van der Waals surface area (Å²) in [5.74, 6) is 0.0837. The van der Waals surface area contributed by atoms with Crippen LogP contribution in [0.2, 0.25) is 0 Å². The van der Waals surface area contributed by atoms with E-state index in [0.29, 0.717) is 39.5 Å². The van der Waals surface area contributed by atoms with Gasteiger partial charge in [0.2, 0.25) is 0 Å². The van der Waals surface area contributed by atoms with Gasteiger partial charge in [0, 0.05) is 49.8 Å². The summed E-state index contributed by atoms with van der Waals surface area (Å²) >= 11 is 0. The first-order valence-electron chi connectivity index (χ1n) is 8.94. The third-order valence-corrected chi connectivity index (χ3v) is 5.18. The van der Waals surface area contributed by atoms with Crippen molar-refractivity contribution >= 4 is 16.8 Å². The van der Waals surface area contributed by atoms with Crippen LogP contribution in [-0.2, 0) is 20.8 Å². The fraction of sp³-hybridized carbons (Fsp3) is 0.526. The lowest BCUT2D eigenvalue weighted by Gasteiger charge is -2.42. The number of rotatable bonds is 3. The van der Waals surface area contributed by atoms with Crippen LogP contribution in [-0.4, -0.2) is 72.3 Å². The second-order valence-corrected chi connectivity index (χ2v) is 7.05. The van der Waals surface area contributed by atoms with Gasteiger partial charge in [-0.25, -0.2) is 0 Å². The van der Waals surface area contributed by atoms with Gasteiger partial charge in [0.15, 0.2) is 5.60 Å². The van der Waals surface area contributed by atoms with Gasteiger partial charge >= 0.3 is 0 Å². The van der Waals surface area contributed by atoms with Crippen LogP contribution in [0.5, 0.6) is 0 Å². The van der Waals surface area contributed by atoms with Crippen molar-refractivity contribution in [1.82, 2.24) is 14.8 Å². The molecule has 25 heavy (non-hydrogen) atoms. The molecule has 0 bridgehead atoms. The number of H-pyrrole nitrogens is 1. The number of aromatic nitrogens is 1. The molecule has 0 unspecified atom stereocenters. The van der Waals surface area contributed by atoms with E-state index in [2.05, 4.69) is 34.1 Å². The molecule has 2 aromatic rings. The summed E-state index contributed by atoms with van der Waals surface area (Å²) in [5, 5.41) is 1.25. The van der Waals surface area contributed by atoms with Gasteiger partial charge in [-0.05, 0) is 24.6 Å². The highest BCUT2D eigenvalue weighted by atomic mass is 16.5. The lowest BCUT2D eigenvalue weighted by Crippen LogP contribution is -2.60. The number of nitrogens with zero attached hydrogens (tertiary/aromatic N) is 2. The molecule has 0 aliphatic carbocycles. The van der Waals surface area contributed by atoms with Crippen LogP contribution in [0, 0.1) is 0 Å². The number of fused-ring (bicyclic) bond motifs is 1. The first kappa shape index (κ1) is 16.6. The van der Waals surface area contributed by atoms with Crippen molar-refractivity contribution in [1.29, 1.82) is 0 Å². The quantitative estimate of drug-likeness (QED) is 0.920. The van der Waals surface area contributed by atoms with Gasteiger partial charge in [-0.1, -0.05) is 12.1 Å². The second kappa shape index (κ2) is 6.78. The largest absolute Gasteiger partial charge is 0.378 e. The molecule has 0 radical (unpaired) electrons. The molecular formula is C19H25N3O3. The zero-order valence-corrected chi connectivity index (χ0v) is 14.7. The second-order valence-electron chi connectivity index (χ2n) is 7.05. The predicted octanol–water partition coefficient (Wildman–Crippen LogP) is 1.62. The molecule has 6 nitrogen and oxygen atoms in total. The van der Waals surface area contributed by atoms with Crippen molar-refractivity contribution in [2.24, 2.45) is 0 Å². The zero-order chi connectivity index (χ0) is 17.3. The van der Waals surface area contributed by atoms with Gasteiger partial charge in [0.05, 0.1) is 19.8 Å². The number of morpholine rings is 2. The zero-order valence-electron chi connectivity index (χ0n) is 14.7. The summed E-state index contributed by atoms with van der Waals surface area (Å²) in [5.41, 5.74) is 1.65. The van der Waals surface area contributed by atoms with Gasteiger partial charge in [0.1, 0.15) is 0 Å². The minimum Gasteiger partial charge on any atom is -0.378 e. The van der Waals surface area contributed by atoms with E-state index in [9.17, 15) is 4.79 Å². The fourth-order valence-electron chi connectivity index (χ4n) is 3.85. The lowest BCUT2D eigenvalue weighted by atomic mass is 10.0. The highest BCUT2D eigenvalue weighted by molar-refractivity contribution is 5.85. The molecule has 134 valence electrons. The van der Waals surface area contributed by atoms with Crippen LogP contribution >= 0.6 is 0 Å². The van der Waals surface area contributed by atoms with E-state index in [0.717, 1.165) is 18.6 Å². The molecule has 1 aromatic carbocycles. The van der Waals surface area contributed by atoms with E-state index in [1.807, 2.05) is 18.0 Å². The van der Waals surface area contributed by atoms with Crippen molar-refractivity contribution in [2.75, 3.05) is 46.0 Å². The minimum atomic E-state index is -0.776. The molecule has 1 amide bonds. The Labute approximate surface area is 147 Å². The smallest absolute Gasteiger partial charge is 0.256 e. The summed E-state index contributed by atoms with van der Waals surface area (Å²) in [6.07, 6.45) is 1.97. The Bertz CT molecular complexity index is 753. The number of nitrogens with one attached hydrogen (secondary N) is 1. The standard InChI is InChI=1S/C19H25N3O3/c1-19(18(23)22-8-10-24-11-9-22)14-21(7-12-25-19)13-15-3-2-4-17-16(15)5-6-20-17/h2-6,20H,7-14H2,1H3/t19-/m1/s1. The summed E-state index contributed by atoms with van der Waals surface area (Å²) in [6.45, 7) is 7.31. The summed E-state index contributed by atoms with van der Waals surface area (Å²) in [4.78, 5) is 20.4. The maximum atomic E-state index is 13.0. The molecule has 2 saturated heterocycles. The molecule has 2 fully saturated rings. The van der Waals surface area contributed by atoms with Crippen LogP contribution in [0.25, 0.3) is 10.9 Å². The lowest BCUT2D eigenvalue weighted by molar-refractivity contribution is -0.171. The Kier molecular flexibility index (Phi) is 4.50. The van der Waals surface area contributed by atoms with E-state index < -0.39 is 5.60 Å². The summed E-state index contributed by atoms with van der Waals surface area (Å²) in [6, 6.07) is 8.44. The Morgan fingerprint density at radius 1 is 1.20 bits per heavy atom. The fourth-order valence-corrected chi connectivity index (χ4v) is 3.85. The Hall–Kier alpha value is -1.89. The van der Waals surface area contributed by atoms with Crippen molar-refractivity contribution < 1.29 is 14.3 Å². The first-order valence-corrected chi connectivity index (χ1v) is 8.94. The van der Waals surface area contributed by atoms with Gasteiger partial charge < -0.3 is 19.4 Å². The average molecular weight is 343 g/mol. The topological polar surface area (TPSA) is 57.8 Å². The molecule has 1 N–H and O–H groups in total. The monoisotopic (exact) mass is 343 g/mol. The number of ether oxygens (including phenoxy) is 2. The van der Waals surface area contributed by atoms with E-state index in [1.165, 1.54) is 10.9 Å². The van der Waals surface area contributed by atoms with Gasteiger partial charge in [-0.3, -0.25) is 9.69 Å². The molecular weight excluding hydrogens is 318 g/mol. The maximum absolute atomic E-state index is 13.0.